The van der Waals surface area contributed by atoms with E-state index in [9.17, 15) is 13.6 Å². The SMILES string of the molecule is [N-]=[N+]=NC/C(=C/c1cc(Cl)c(OC(F)F)c(Cl)c1)C(=O)O. The molecule has 0 atom stereocenters. The molecule has 0 saturated carbocycles. The standard InChI is InChI=1S/C11H7Cl2F2N3O3/c12-7-2-5(1-6(10(19)20)4-17-18-16)3-8(13)9(7)21-11(14)15/h1-3,11H,4H2,(H,19,20)/b6-1-. The molecular weight excluding hydrogens is 331 g/mol. The van der Waals surface area contributed by atoms with Crippen molar-refractivity contribution in [3.63, 3.8) is 0 Å². The molecule has 0 aliphatic rings. The predicted octanol–water partition coefficient (Wildman–Crippen LogP) is 4.37. The number of carboxylic acid groups (broad SMARTS) is 1. The third-order valence-electron chi connectivity index (χ3n) is 2.15. The van der Waals surface area contributed by atoms with Crippen LogP contribution in [-0.2, 0) is 4.79 Å². The second-order valence-electron chi connectivity index (χ2n) is 3.56. The molecule has 1 aromatic carbocycles. The predicted molar refractivity (Wildman–Crippen MR) is 72.7 cm³/mol. The fourth-order valence-corrected chi connectivity index (χ4v) is 1.94. The minimum Gasteiger partial charge on any atom is -0.478 e. The van der Waals surface area contributed by atoms with Crippen LogP contribution in [0.4, 0.5) is 8.78 Å². The molecular formula is C11H7Cl2F2N3O3. The normalized spacial score (nSPS) is 11.2. The first-order valence-corrected chi connectivity index (χ1v) is 5.99. The van der Waals surface area contributed by atoms with E-state index >= 15 is 0 Å². The largest absolute Gasteiger partial charge is 0.478 e. The van der Waals surface area contributed by atoms with Crippen molar-refractivity contribution in [1.29, 1.82) is 0 Å². The second-order valence-corrected chi connectivity index (χ2v) is 4.37. The van der Waals surface area contributed by atoms with E-state index in [0.717, 1.165) is 6.08 Å². The van der Waals surface area contributed by atoms with Gasteiger partial charge in [-0.25, -0.2) is 4.79 Å². The quantitative estimate of drug-likeness (QED) is 0.361. The van der Waals surface area contributed by atoms with Gasteiger partial charge in [0.05, 0.1) is 16.6 Å². The maximum atomic E-state index is 12.2. The highest BCUT2D eigenvalue weighted by atomic mass is 35.5. The lowest BCUT2D eigenvalue weighted by molar-refractivity contribution is -0.132. The molecule has 1 aromatic rings. The van der Waals surface area contributed by atoms with E-state index in [4.69, 9.17) is 33.8 Å². The van der Waals surface area contributed by atoms with E-state index in [2.05, 4.69) is 14.8 Å². The molecule has 1 N–H and O–H groups in total. The summed E-state index contributed by atoms with van der Waals surface area (Å²) >= 11 is 11.5. The average Bonchev–Trinajstić information content (AvgIpc) is 2.38. The minimum atomic E-state index is -3.10. The third kappa shape index (κ3) is 5.11. The van der Waals surface area contributed by atoms with Crippen LogP contribution < -0.4 is 4.74 Å². The van der Waals surface area contributed by atoms with Crippen molar-refractivity contribution in [2.75, 3.05) is 6.54 Å². The maximum Gasteiger partial charge on any atom is 0.387 e. The Morgan fingerprint density at radius 2 is 2.05 bits per heavy atom. The Morgan fingerprint density at radius 3 is 2.48 bits per heavy atom. The summed E-state index contributed by atoms with van der Waals surface area (Å²) in [5.74, 6) is -1.71. The zero-order valence-electron chi connectivity index (χ0n) is 10.1. The molecule has 0 aliphatic heterocycles. The van der Waals surface area contributed by atoms with E-state index in [0.29, 0.717) is 0 Å². The molecule has 0 saturated heterocycles. The Kier molecular flexibility index (Phi) is 6.23. The average molecular weight is 338 g/mol. The third-order valence-corrected chi connectivity index (χ3v) is 2.71. The molecule has 0 heterocycles. The van der Waals surface area contributed by atoms with Crippen molar-refractivity contribution < 1.29 is 23.4 Å². The summed E-state index contributed by atoms with van der Waals surface area (Å²) in [4.78, 5) is 13.4. The lowest BCUT2D eigenvalue weighted by Gasteiger charge is -2.09. The number of alkyl halides is 2. The van der Waals surface area contributed by atoms with Gasteiger partial charge in [-0.2, -0.15) is 8.78 Å². The highest BCUT2D eigenvalue weighted by Gasteiger charge is 2.14. The van der Waals surface area contributed by atoms with Gasteiger partial charge in [0.1, 0.15) is 0 Å². The summed E-state index contributed by atoms with van der Waals surface area (Å²) in [6, 6.07) is 2.40. The molecule has 0 unspecified atom stereocenters. The summed E-state index contributed by atoms with van der Waals surface area (Å²) < 4.78 is 28.5. The van der Waals surface area contributed by atoms with Crippen LogP contribution in [0, 0.1) is 0 Å². The van der Waals surface area contributed by atoms with Gasteiger partial charge in [-0.15, -0.1) is 0 Å². The number of rotatable bonds is 6. The first kappa shape index (κ1) is 17.0. The van der Waals surface area contributed by atoms with E-state index in [1.54, 1.807) is 0 Å². The molecule has 1 rings (SSSR count). The zero-order valence-corrected chi connectivity index (χ0v) is 11.6. The second kappa shape index (κ2) is 7.68. The van der Waals surface area contributed by atoms with Gasteiger partial charge in [0.15, 0.2) is 5.75 Å². The summed E-state index contributed by atoms with van der Waals surface area (Å²) in [5, 5.41) is 11.7. The van der Waals surface area contributed by atoms with Gasteiger partial charge in [-0.3, -0.25) is 0 Å². The minimum absolute atomic E-state index is 0.206. The number of benzene rings is 1. The first-order valence-electron chi connectivity index (χ1n) is 5.23. The summed E-state index contributed by atoms with van der Waals surface area (Å²) in [6.07, 6.45) is 1.15. The van der Waals surface area contributed by atoms with Gasteiger partial charge in [-0.05, 0) is 29.3 Å². The number of nitrogens with zero attached hydrogens (tertiary/aromatic N) is 3. The van der Waals surface area contributed by atoms with Gasteiger partial charge in [0.2, 0.25) is 0 Å². The molecule has 0 amide bonds. The van der Waals surface area contributed by atoms with Crippen LogP contribution in [-0.4, -0.2) is 24.2 Å². The Labute approximate surface area is 127 Å². The topological polar surface area (TPSA) is 95.3 Å². The van der Waals surface area contributed by atoms with E-state index in [-0.39, 0.29) is 21.2 Å². The van der Waals surface area contributed by atoms with Crippen molar-refractivity contribution >= 4 is 35.2 Å². The fourth-order valence-electron chi connectivity index (χ4n) is 1.35. The van der Waals surface area contributed by atoms with Crippen molar-refractivity contribution in [3.8, 4) is 5.75 Å². The zero-order chi connectivity index (χ0) is 16.0. The fraction of sp³-hybridized carbons (Fsp3) is 0.182. The number of aliphatic carboxylic acids is 1. The Morgan fingerprint density at radius 1 is 1.48 bits per heavy atom. The smallest absolute Gasteiger partial charge is 0.387 e. The van der Waals surface area contributed by atoms with Crippen LogP contribution in [0.1, 0.15) is 5.56 Å². The number of carbonyl (C=O) groups is 1. The van der Waals surface area contributed by atoms with Crippen LogP contribution in [0.2, 0.25) is 10.0 Å². The molecule has 112 valence electrons. The van der Waals surface area contributed by atoms with Crippen molar-refractivity contribution in [3.05, 3.63) is 43.8 Å². The molecule has 6 nitrogen and oxygen atoms in total. The number of halogens is 4. The first-order chi connectivity index (χ1) is 9.85. The number of ether oxygens (including phenoxy) is 1. The van der Waals surface area contributed by atoms with E-state index in [1.165, 1.54) is 12.1 Å². The van der Waals surface area contributed by atoms with E-state index in [1.807, 2.05) is 0 Å². The summed E-state index contributed by atoms with van der Waals surface area (Å²) in [6.45, 7) is -3.49. The highest BCUT2D eigenvalue weighted by Crippen LogP contribution is 2.35. The van der Waals surface area contributed by atoms with E-state index < -0.39 is 24.9 Å². The molecule has 21 heavy (non-hydrogen) atoms. The summed E-state index contributed by atoms with van der Waals surface area (Å²) in [5.41, 5.74) is 8.19. The van der Waals surface area contributed by atoms with Gasteiger partial charge < -0.3 is 9.84 Å². The molecule has 0 radical (unpaired) electrons. The van der Waals surface area contributed by atoms with Crippen LogP contribution >= 0.6 is 23.2 Å². The number of hydrogen-bond donors (Lipinski definition) is 1. The molecule has 0 fully saturated rings. The molecule has 10 heteroatoms. The van der Waals surface area contributed by atoms with Gasteiger partial charge in [-0.1, -0.05) is 28.3 Å². The van der Waals surface area contributed by atoms with Gasteiger partial charge in [0.25, 0.3) is 0 Å². The van der Waals surface area contributed by atoms with Crippen LogP contribution in [0.3, 0.4) is 0 Å². The van der Waals surface area contributed by atoms with Crippen LogP contribution in [0.25, 0.3) is 16.5 Å². The Bertz CT molecular complexity index is 608. The molecule has 0 aliphatic carbocycles. The molecule has 0 aromatic heterocycles. The lowest BCUT2D eigenvalue weighted by atomic mass is 10.1. The lowest BCUT2D eigenvalue weighted by Crippen LogP contribution is -2.04. The molecule has 0 spiro atoms. The molecule has 0 bridgehead atoms. The summed E-state index contributed by atoms with van der Waals surface area (Å²) in [7, 11) is 0. The van der Waals surface area contributed by atoms with Gasteiger partial charge >= 0.3 is 12.6 Å². The van der Waals surface area contributed by atoms with Crippen molar-refractivity contribution in [2.24, 2.45) is 5.11 Å². The van der Waals surface area contributed by atoms with Crippen molar-refractivity contribution in [1.82, 2.24) is 0 Å². The Balaban J connectivity index is 3.19. The number of carboxylic acids is 1. The Hall–Kier alpha value is -2.02. The van der Waals surface area contributed by atoms with Crippen LogP contribution in [0.5, 0.6) is 5.75 Å². The number of azide groups is 1. The maximum absolute atomic E-state index is 12.2. The van der Waals surface area contributed by atoms with Crippen LogP contribution in [0.15, 0.2) is 22.8 Å². The van der Waals surface area contributed by atoms with Crippen molar-refractivity contribution in [2.45, 2.75) is 6.61 Å². The highest BCUT2D eigenvalue weighted by molar-refractivity contribution is 6.37. The van der Waals surface area contributed by atoms with Gasteiger partial charge in [0, 0.05) is 10.5 Å². The number of hydrogen-bond acceptors (Lipinski definition) is 3. The monoisotopic (exact) mass is 337 g/mol.